The Labute approximate surface area is 145 Å². The fraction of sp³-hybridized carbons (Fsp3) is 0.579. The molecule has 24 heavy (non-hydrogen) atoms. The zero-order valence-electron chi connectivity index (χ0n) is 15.3. The standard InChI is InChI=1S/C19H28N2O3/c1-6-10-23-17-9-8-16(11-15(17)13-20)21-18(22)19(5,24-7-2)12-14(3)4/h8-9,11,14H,6-7,10,12H2,1-5H3,(H,21,22). The normalized spacial score (nSPS) is 13.2. The van der Waals surface area contributed by atoms with Gasteiger partial charge in [-0.3, -0.25) is 4.79 Å². The van der Waals surface area contributed by atoms with Gasteiger partial charge >= 0.3 is 0 Å². The number of amides is 1. The summed E-state index contributed by atoms with van der Waals surface area (Å²) in [6.07, 6.45) is 1.49. The summed E-state index contributed by atoms with van der Waals surface area (Å²) in [5.74, 6) is 0.656. The second-order valence-corrected chi connectivity index (χ2v) is 6.39. The molecule has 5 heteroatoms. The minimum atomic E-state index is -0.896. The van der Waals surface area contributed by atoms with Crippen LogP contribution in [0, 0.1) is 17.2 Å². The Morgan fingerprint density at radius 3 is 2.62 bits per heavy atom. The zero-order chi connectivity index (χ0) is 18.2. The lowest BCUT2D eigenvalue weighted by Gasteiger charge is -2.30. The van der Waals surface area contributed by atoms with E-state index < -0.39 is 5.60 Å². The second-order valence-electron chi connectivity index (χ2n) is 6.39. The Hall–Kier alpha value is -2.06. The molecule has 0 aliphatic heterocycles. The van der Waals surface area contributed by atoms with Gasteiger partial charge in [0.2, 0.25) is 0 Å². The molecule has 132 valence electrons. The molecule has 1 rings (SSSR count). The Balaban J connectivity index is 2.94. The quantitative estimate of drug-likeness (QED) is 0.738. The van der Waals surface area contributed by atoms with Gasteiger partial charge in [0.1, 0.15) is 17.4 Å². The van der Waals surface area contributed by atoms with E-state index in [2.05, 4.69) is 25.2 Å². The molecule has 0 bridgehead atoms. The van der Waals surface area contributed by atoms with Gasteiger partial charge in [-0.25, -0.2) is 0 Å². The van der Waals surface area contributed by atoms with Gasteiger partial charge in [-0.15, -0.1) is 0 Å². The minimum Gasteiger partial charge on any atom is -0.492 e. The maximum atomic E-state index is 12.7. The van der Waals surface area contributed by atoms with Crippen molar-refractivity contribution in [3.8, 4) is 11.8 Å². The largest absolute Gasteiger partial charge is 0.492 e. The van der Waals surface area contributed by atoms with Gasteiger partial charge in [0.15, 0.2) is 0 Å². The van der Waals surface area contributed by atoms with Crippen molar-refractivity contribution in [3.63, 3.8) is 0 Å². The number of rotatable bonds is 9. The highest BCUT2D eigenvalue weighted by atomic mass is 16.5. The summed E-state index contributed by atoms with van der Waals surface area (Å²) in [4.78, 5) is 12.7. The van der Waals surface area contributed by atoms with Crippen molar-refractivity contribution in [1.29, 1.82) is 5.26 Å². The Morgan fingerprint density at radius 2 is 2.08 bits per heavy atom. The van der Waals surface area contributed by atoms with Crippen LogP contribution in [0.1, 0.15) is 53.0 Å². The number of carbonyl (C=O) groups excluding carboxylic acids is 1. The average Bonchev–Trinajstić information content (AvgIpc) is 2.52. The Bertz CT molecular complexity index is 593. The van der Waals surface area contributed by atoms with Crippen molar-refractivity contribution < 1.29 is 14.3 Å². The van der Waals surface area contributed by atoms with E-state index >= 15 is 0 Å². The molecule has 1 amide bonds. The van der Waals surface area contributed by atoms with Crippen LogP contribution in [0.25, 0.3) is 0 Å². The van der Waals surface area contributed by atoms with E-state index in [0.717, 1.165) is 6.42 Å². The summed E-state index contributed by atoms with van der Waals surface area (Å²) in [6.45, 7) is 10.8. The van der Waals surface area contributed by atoms with Crippen molar-refractivity contribution in [1.82, 2.24) is 0 Å². The van der Waals surface area contributed by atoms with Crippen LogP contribution in [0.3, 0.4) is 0 Å². The third-order valence-corrected chi connectivity index (χ3v) is 3.56. The third kappa shape index (κ3) is 5.54. The van der Waals surface area contributed by atoms with Crippen molar-refractivity contribution in [2.75, 3.05) is 18.5 Å². The first-order valence-electron chi connectivity index (χ1n) is 8.48. The SMILES string of the molecule is CCCOc1ccc(NC(=O)C(C)(CC(C)C)OCC)cc1C#N. The molecule has 0 fully saturated rings. The first-order valence-corrected chi connectivity index (χ1v) is 8.48. The van der Waals surface area contributed by atoms with Crippen LogP contribution in [0.4, 0.5) is 5.69 Å². The molecule has 1 unspecified atom stereocenters. The van der Waals surface area contributed by atoms with Gasteiger partial charge in [-0.05, 0) is 50.8 Å². The fourth-order valence-corrected chi connectivity index (χ4v) is 2.61. The van der Waals surface area contributed by atoms with Crippen molar-refractivity contribution in [2.45, 2.75) is 53.1 Å². The monoisotopic (exact) mass is 332 g/mol. The number of anilines is 1. The number of hydrogen-bond donors (Lipinski definition) is 1. The van der Waals surface area contributed by atoms with Gasteiger partial charge < -0.3 is 14.8 Å². The molecular formula is C19H28N2O3. The van der Waals surface area contributed by atoms with Gasteiger partial charge in [-0.1, -0.05) is 20.8 Å². The molecule has 0 aromatic heterocycles. The maximum Gasteiger partial charge on any atom is 0.256 e. The van der Waals surface area contributed by atoms with Gasteiger partial charge in [-0.2, -0.15) is 5.26 Å². The highest BCUT2D eigenvalue weighted by Crippen LogP contribution is 2.26. The number of carbonyl (C=O) groups is 1. The lowest BCUT2D eigenvalue weighted by Crippen LogP contribution is -2.44. The van der Waals surface area contributed by atoms with E-state index in [-0.39, 0.29) is 5.91 Å². The number of hydrogen-bond acceptors (Lipinski definition) is 4. The second kappa shape index (κ2) is 9.29. The maximum absolute atomic E-state index is 12.7. The minimum absolute atomic E-state index is 0.204. The summed E-state index contributed by atoms with van der Waals surface area (Å²) in [5.41, 5.74) is 0.0749. The number of nitrogens with zero attached hydrogens (tertiary/aromatic N) is 1. The van der Waals surface area contributed by atoms with Gasteiger partial charge in [0, 0.05) is 12.3 Å². The summed E-state index contributed by atoms with van der Waals surface area (Å²) >= 11 is 0. The number of ether oxygens (including phenoxy) is 2. The lowest BCUT2D eigenvalue weighted by atomic mass is 9.93. The van der Waals surface area contributed by atoms with E-state index in [1.807, 2.05) is 13.8 Å². The summed E-state index contributed by atoms with van der Waals surface area (Å²) < 4.78 is 11.2. The number of nitriles is 1. The fourth-order valence-electron chi connectivity index (χ4n) is 2.61. The lowest BCUT2D eigenvalue weighted by molar-refractivity contribution is -0.140. The van der Waals surface area contributed by atoms with Crippen LogP contribution in [-0.4, -0.2) is 24.7 Å². The van der Waals surface area contributed by atoms with E-state index in [1.165, 1.54) is 0 Å². The number of benzene rings is 1. The first-order chi connectivity index (χ1) is 11.4. The highest BCUT2D eigenvalue weighted by molar-refractivity contribution is 5.97. The smallest absolute Gasteiger partial charge is 0.256 e. The van der Waals surface area contributed by atoms with E-state index in [1.54, 1.807) is 25.1 Å². The van der Waals surface area contributed by atoms with Crippen LogP contribution in [0.15, 0.2) is 18.2 Å². The van der Waals surface area contributed by atoms with Crippen LogP contribution >= 0.6 is 0 Å². The molecule has 0 aliphatic rings. The number of nitrogens with one attached hydrogen (secondary N) is 1. The molecule has 5 nitrogen and oxygen atoms in total. The van der Waals surface area contributed by atoms with E-state index in [0.29, 0.717) is 42.6 Å². The molecule has 0 saturated carbocycles. The molecule has 0 radical (unpaired) electrons. The molecule has 1 atom stereocenters. The molecule has 0 saturated heterocycles. The molecule has 1 aromatic rings. The van der Waals surface area contributed by atoms with Crippen LogP contribution in [-0.2, 0) is 9.53 Å². The zero-order valence-corrected chi connectivity index (χ0v) is 15.3. The predicted molar refractivity (Wildman–Crippen MR) is 95.1 cm³/mol. The first kappa shape index (κ1) is 20.0. The topological polar surface area (TPSA) is 71.3 Å². The summed E-state index contributed by atoms with van der Waals surface area (Å²) in [7, 11) is 0. The van der Waals surface area contributed by atoms with Crippen molar-refractivity contribution in [2.24, 2.45) is 5.92 Å². The molecule has 0 aliphatic carbocycles. The van der Waals surface area contributed by atoms with Gasteiger partial charge in [0.25, 0.3) is 5.91 Å². The highest BCUT2D eigenvalue weighted by Gasteiger charge is 2.34. The van der Waals surface area contributed by atoms with Crippen LogP contribution in [0.5, 0.6) is 5.75 Å². The van der Waals surface area contributed by atoms with Crippen molar-refractivity contribution >= 4 is 11.6 Å². The molecular weight excluding hydrogens is 304 g/mol. The van der Waals surface area contributed by atoms with Crippen LogP contribution in [0.2, 0.25) is 0 Å². The Morgan fingerprint density at radius 1 is 1.38 bits per heavy atom. The molecule has 1 aromatic carbocycles. The van der Waals surface area contributed by atoms with E-state index in [4.69, 9.17) is 9.47 Å². The molecule has 0 spiro atoms. The predicted octanol–water partition coefficient (Wildman–Crippen LogP) is 4.13. The average molecular weight is 332 g/mol. The molecule has 1 N–H and O–H groups in total. The van der Waals surface area contributed by atoms with Crippen LogP contribution < -0.4 is 10.1 Å². The summed E-state index contributed by atoms with van der Waals surface area (Å²) in [5, 5.41) is 12.1. The molecule has 0 heterocycles. The summed E-state index contributed by atoms with van der Waals surface area (Å²) in [6, 6.07) is 7.19. The van der Waals surface area contributed by atoms with Gasteiger partial charge in [0.05, 0.1) is 12.2 Å². The van der Waals surface area contributed by atoms with E-state index in [9.17, 15) is 10.1 Å². The Kier molecular flexibility index (Phi) is 7.73. The third-order valence-electron chi connectivity index (χ3n) is 3.56. The van der Waals surface area contributed by atoms with Crippen molar-refractivity contribution in [3.05, 3.63) is 23.8 Å².